The molecule has 7 nitrogen and oxygen atoms in total. The molecule has 1 amide bonds. The highest BCUT2D eigenvalue weighted by Crippen LogP contribution is 2.28. The lowest BCUT2D eigenvalue weighted by Gasteiger charge is -2.11. The molecular weight excluding hydrogens is 442 g/mol. The van der Waals surface area contributed by atoms with Crippen molar-refractivity contribution in [2.24, 2.45) is 0 Å². The van der Waals surface area contributed by atoms with Crippen molar-refractivity contribution in [3.63, 3.8) is 0 Å². The molecular formula is C28H29N3O4. The van der Waals surface area contributed by atoms with Crippen LogP contribution in [0.3, 0.4) is 0 Å². The molecule has 4 rings (SSSR count). The molecule has 1 heterocycles. The summed E-state index contributed by atoms with van der Waals surface area (Å²) in [5.41, 5.74) is 5.00. The van der Waals surface area contributed by atoms with E-state index in [4.69, 9.17) is 19.3 Å². The summed E-state index contributed by atoms with van der Waals surface area (Å²) >= 11 is 0. The van der Waals surface area contributed by atoms with Gasteiger partial charge >= 0.3 is 0 Å². The fourth-order valence-electron chi connectivity index (χ4n) is 3.80. The first kappa shape index (κ1) is 23.9. The molecule has 0 bridgehead atoms. The Morgan fingerprint density at radius 2 is 1.66 bits per heavy atom. The maximum Gasteiger partial charge on any atom is 0.270 e. The summed E-state index contributed by atoms with van der Waals surface area (Å²) in [6.45, 7) is 2.48. The Balaban J connectivity index is 1.57. The van der Waals surface area contributed by atoms with Crippen LogP contribution >= 0.6 is 0 Å². The molecule has 0 aliphatic rings. The minimum atomic E-state index is -0.201. The second-order valence-corrected chi connectivity index (χ2v) is 8.09. The Morgan fingerprint density at radius 1 is 0.886 bits per heavy atom. The van der Waals surface area contributed by atoms with Crippen molar-refractivity contribution < 1.29 is 19.0 Å². The van der Waals surface area contributed by atoms with Crippen molar-refractivity contribution in [3.05, 3.63) is 89.6 Å². The number of methoxy groups -OCH3 is 3. The van der Waals surface area contributed by atoms with Crippen LogP contribution in [0.25, 0.3) is 16.9 Å². The van der Waals surface area contributed by atoms with E-state index in [0.29, 0.717) is 35.9 Å². The molecule has 0 radical (unpaired) electrons. The van der Waals surface area contributed by atoms with Gasteiger partial charge in [0.15, 0.2) is 11.5 Å². The Labute approximate surface area is 205 Å². The summed E-state index contributed by atoms with van der Waals surface area (Å²) in [5, 5.41) is 7.78. The summed E-state index contributed by atoms with van der Waals surface area (Å²) < 4.78 is 17.7. The minimum absolute atomic E-state index is 0.201. The van der Waals surface area contributed by atoms with E-state index in [1.165, 1.54) is 0 Å². The van der Waals surface area contributed by atoms with Crippen LogP contribution in [-0.2, 0) is 6.42 Å². The number of nitrogens with zero attached hydrogens (tertiary/aromatic N) is 2. The van der Waals surface area contributed by atoms with Crippen LogP contribution in [0.2, 0.25) is 0 Å². The number of rotatable bonds is 9. The van der Waals surface area contributed by atoms with Crippen LogP contribution in [0.15, 0.2) is 72.8 Å². The molecule has 0 aliphatic heterocycles. The minimum Gasteiger partial charge on any atom is -0.497 e. The van der Waals surface area contributed by atoms with Crippen LogP contribution in [0.1, 0.15) is 21.6 Å². The molecule has 0 spiro atoms. The molecule has 3 aromatic carbocycles. The summed E-state index contributed by atoms with van der Waals surface area (Å²) in [7, 11) is 4.84. The summed E-state index contributed by atoms with van der Waals surface area (Å²) in [5.74, 6) is 1.87. The SMILES string of the molecule is COc1cccc(-c2cc(C(=O)NCCc3ccc(OC)c(OC)c3)n(-c3ccc(C)cc3)n2)c1. The van der Waals surface area contributed by atoms with Gasteiger partial charge in [0.1, 0.15) is 11.4 Å². The number of aromatic nitrogens is 2. The van der Waals surface area contributed by atoms with Gasteiger partial charge in [-0.05, 0) is 61.4 Å². The molecule has 0 saturated heterocycles. The predicted molar refractivity (Wildman–Crippen MR) is 136 cm³/mol. The zero-order valence-electron chi connectivity index (χ0n) is 20.4. The number of aryl methyl sites for hydroxylation is 1. The second-order valence-electron chi connectivity index (χ2n) is 8.09. The average Bonchev–Trinajstić information content (AvgIpc) is 3.34. The molecule has 35 heavy (non-hydrogen) atoms. The van der Waals surface area contributed by atoms with E-state index in [0.717, 1.165) is 28.1 Å². The molecule has 0 aliphatic carbocycles. The van der Waals surface area contributed by atoms with E-state index in [2.05, 4.69) is 5.32 Å². The zero-order chi connectivity index (χ0) is 24.8. The quantitative estimate of drug-likeness (QED) is 0.378. The van der Waals surface area contributed by atoms with E-state index < -0.39 is 0 Å². The Morgan fingerprint density at radius 3 is 2.37 bits per heavy atom. The number of carbonyl (C=O) groups excluding carboxylic acids is 1. The van der Waals surface area contributed by atoms with Gasteiger partial charge in [0.05, 0.1) is 32.7 Å². The molecule has 180 valence electrons. The molecule has 1 N–H and O–H groups in total. The van der Waals surface area contributed by atoms with Gasteiger partial charge in [-0.1, -0.05) is 35.9 Å². The number of hydrogen-bond donors (Lipinski definition) is 1. The number of carbonyl (C=O) groups is 1. The lowest BCUT2D eigenvalue weighted by molar-refractivity contribution is 0.0946. The number of ether oxygens (including phenoxy) is 3. The van der Waals surface area contributed by atoms with Gasteiger partial charge in [-0.2, -0.15) is 5.10 Å². The Hall–Kier alpha value is -4.26. The third-order valence-corrected chi connectivity index (χ3v) is 5.73. The first-order chi connectivity index (χ1) is 17.0. The zero-order valence-corrected chi connectivity index (χ0v) is 20.4. The van der Waals surface area contributed by atoms with Gasteiger partial charge in [0.25, 0.3) is 5.91 Å². The van der Waals surface area contributed by atoms with Gasteiger partial charge in [0, 0.05) is 12.1 Å². The maximum atomic E-state index is 13.2. The summed E-state index contributed by atoms with van der Waals surface area (Å²) in [6.07, 6.45) is 0.646. The van der Waals surface area contributed by atoms with Crippen molar-refractivity contribution in [1.29, 1.82) is 0 Å². The Kier molecular flexibility index (Phi) is 7.35. The van der Waals surface area contributed by atoms with E-state index in [1.54, 1.807) is 32.1 Å². The van der Waals surface area contributed by atoms with E-state index in [-0.39, 0.29) is 5.91 Å². The third kappa shape index (κ3) is 5.46. The number of hydrogen-bond acceptors (Lipinski definition) is 5. The number of amides is 1. The van der Waals surface area contributed by atoms with Crippen LogP contribution in [0.4, 0.5) is 0 Å². The predicted octanol–water partition coefficient (Wildman–Crippen LogP) is 4.85. The van der Waals surface area contributed by atoms with E-state index in [9.17, 15) is 4.79 Å². The van der Waals surface area contributed by atoms with E-state index >= 15 is 0 Å². The number of nitrogens with one attached hydrogen (secondary N) is 1. The van der Waals surface area contributed by atoms with Gasteiger partial charge in [0.2, 0.25) is 0 Å². The largest absolute Gasteiger partial charge is 0.497 e. The fourth-order valence-corrected chi connectivity index (χ4v) is 3.80. The second kappa shape index (κ2) is 10.8. The highest BCUT2D eigenvalue weighted by molar-refractivity contribution is 5.94. The van der Waals surface area contributed by atoms with Crippen molar-refractivity contribution in [3.8, 4) is 34.2 Å². The van der Waals surface area contributed by atoms with Gasteiger partial charge < -0.3 is 19.5 Å². The van der Waals surface area contributed by atoms with Crippen LogP contribution in [0.5, 0.6) is 17.2 Å². The van der Waals surface area contributed by atoms with Crippen molar-refractivity contribution in [2.75, 3.05) is 27.9 Å². The molecule has 0 atom stereocenters. The summed E-state index contributed by atoms with van der Waals surface area (Å²) in [6, 6.07) is 23.1. The summed E-state index contributed by atoms with van der Waals surface area (Å²) in [4.78, 5) is 13.2. The lowest BCUT2D eigenvalue weighted by atomic mass is 10.1. The fraction of sp³-hybridized carbons (Fsp3) is 0.214. The Bertz CT molecular complexity index is 1310. The van der Waals surface area contributed by atoms with Crippen LogP contribution in [-0.4, -0.2) is 43.6 Å². The average molecular weight is 472 g/mol. The van der Waals surface area contributed by atoms with Gasteiger partial charge in [-0.15, -0.1) is 0 Å². The molecule has 7 heteroatoms. The van der Waals surface area contributed by atoms with Gasteiger partial charge in [-0.3, -0.25) is 4.79 Å². The topological polar surface area (TPSA) is 74.6 Å². The smallest absolute Gasteiger partial charge is 0.270 e. The highest BCUT2D eigenvalue weighted by atomic mass is 16.5. The lowest BCUT2D eigenvalue weighted by Crippen LogP contribution is -2.27. The molecule has 1 aromatic heterocycles. The van der Waals surface area contributed by atoms with Crippen LogP contribution in [0, 0.1) is 6.92 Å². The van der Waals surface area contributed by atoms with E-state index in [1.807, 2.05) is 73.7 Å². The first-order valence-corrected chi connectivity index (χ1v) is 11.3. The normalized spacial score (nSPS) is 10.6. The molecule has 4 aromatic rings. The van der Waals surface area contributed by atoms with Crippen molar-refractivity contribution in [1.82, 2.24) is 15.1 Å². The molecule has 0 unspecified atom stereocenters. The molecule has 0 saturated carbocycles. The monoisotopic (exact) mass is 471 g/mol. The highest BCUT2D eigenvalue weighted by Gasteiger charge is 2.18. The van der Waals surface area contributed by atoms with Crippen LogP contribution < -0.4 is 19.5 Å². The number of benzene rings is 3. The molecule has 0 fully saturated rings. The maximum absolute atomic E-state index is 13.2. The van der Waals surface area contributed by atoms with Crippen molar-refractivity contribution >= 4 is 5.91 Å². The van der Waals surface area contributed by atoms with Gasteiger partial charge in [-0.25, -0.2) is 4.68 Å². The van der Waals surface area contributed by atoms with Crippen molar-refractivity contribution in [2.45, 2.75) is 13.3 Å². The third-order valence-electron chi connectivity index (χ3n) is 5.73. The standard InChI is InChI=1S/C28H29N3O4/c1-19-8-11-22(12-9-19)31-25(18-24(30-31)21-6-5-7-23(17-21)33-2)28(32)29-15-14-20-10-13-26(34-3)27(16-20)35-4/h5-13,16-18H,14-15H2,1-4H3,(H,29,32). The first-order valence-electron chi connectivity index (χ1n) is 11.3.